The first kappa shape index (κ1) is 19.1. The van der Waals surface area contributed by atoms with Crippen LogP contribution in [-0.4, -0.2) is 49.3 Å². The molecule has 0 bridgehead atoms. The van der Waals surface area contributed by atoms with Gasteiger partial charge in [-0.25, -0.2) is 8.42 Å². The van der Waals surface area contributed by atoms with Gasteiger partial charge >= 0.3 is 5.97 Å². The third kappa shape index (κ3) is 4.08. The summed E-state index contributed by atoms with van der Waals surface area (Å²) in [4.78, 5) is 23.4. The molecule has 0 aliphatic carbocycles. The Morgan fingerprint density at radius 3 is 2.80 bits per heavy atom. The molecule has 1 aromatic rings. The van der Waals surface area contributed by atoms with Crippen LogP contribution in [0.1, 0.15) is 30.1 Å². The van der Waals surface area contributed by atoms with Gasteiger partial charge in [-0.1, -0.05) is 12.1 Å². The van der Waals surface area contributed by atoms with E-state index in [1.165, 1.54) is 34.6 Å². The molecule has 1 heterocycles. The second kappa shape index (κ2) is 7.37. The highest BCUT2D eigenvalue weighted by molar-refractivity contribution is 7.89. The van der Waals surface area contributed by atoms with Gasteiger partial charge in [0.25, 0.3) is 5.91 Å². The Hall–Kier alpha value is -2.19. The molecular formula is C17H22N2O5S. The van der Waals surface area contributed by atoms with Gasteiger partial charge in [0, 0.05) is 25.2 Å². The molecule has 1 aromatic carbocycles. The van der Waals surface area contributed by atoms with Crippen molar-refractivity contribution >= 4 is 21.9 Å². The molecule has 25 heavy (non-hydrogen) atoms. The van der Waals surface area contributed by atoms with E-state index in [2.05, 4.69) is 11.9 Å². The smallest absolute Gasteiger partial charge is 0.310 e. The minimum absolute atomic E-state index is 0.0200. The van der Waals surface area contributed by atoms with Crippen LogP contribution in [0.25, 0.3) is 0 Å². The first-order valence-corrected chi connectivity index (χ1v) is 9.37. The van der Waals surface area contributed by atoms with Crippen molar-refractivity contribution < 1.29 is 23.1 Å². The quantitative estimate of drug-likeness (QED) is 0.742. The van der Waals surface area contributed by atoms with E-state index >= 15 is 0 Å². The van der Waals surface area contributed by atoms with Gasteiger partial charge in [-0.2, -0.15) is 4.31 Å². The summed E-state index contributed by atoms with van der Waals surface area (Å²) in [6.07, 6.45) is 2.43. The number of nitrogens with one attached hydrogen (secondary N) is 1. The lowest BCUT2D eigenvalue weighted by Gasteiger charge is -2.36. The van der Waals surface area contributed by atoms with Gasteiger partial charge in [0.05, 0.1) is 10.3 Å². The summed E-state index contributed by atoms with van der Waals surface area (Å²) in [5, 5.41) is 12.0. The van der Waals surface area contributed by atoms with E-state index < -0.39 is 27.3 Å². The number of carbonyl (C=O) groups excluding carboxylic acids is 1. The van der Waals surface area contributed by atoms with Crippen LogP contribution >= 0.6 is 0 Å². The fourth-order valence-electron chi connectivity index (χ4n) is 2.79. The first-order chi connectivity index (χ1) is 11.7. The molecule has 0 saturated carbocycles. The summed E-state index contributed by atoms with van der Waals surface area (Å²) in [7, 11) is -3.87. The average molecular weight is 366 g/mol. The summed E-state index contributed by atoms with van der Waals surface area (Å²) < 4.78 is 26.9. The number of amides is 1. The summed E-state index contributed by atoms with van der Waals surface area (Å²) >= 11 is 0. The van der Waals surface area contributed by atoms with Crippen molar-refractivity contribution in [2.75, 3.05) is 19.6 Å². The topological polar surface area (TPSA) is 104 Å². The monoisotopic (exact) mass is 366 g/mol. The maximum Gasteiger partial charge on any atom is 0.310 e. The Labute approximate surface area is 147 Å². The van der Waals surface area contributed by atoms with Crippen LogP contribution < -0.4 is 5.32 Å². The largest absolute Gasteiger partial charge is 0.481 e. The van der Waals surface area contributed by atoms with E-state index in [1.807, 2.05) is 0 Å². The van der Waals surface area contributed by atoms with Gasteiger partial charge < -0.3 is 10.4 Å². The molecule has 136 valence electrons. The number of aliphatic carboxylic acids is 1. The van der Waals surface area contributed by atoms with Crippen LogP contribution in [0.15, 0.2) is 41.8 Å². The Morgan fingerprint density at radius 1 is 1.44 bits per heavy atom. The van der Waals surface area contributed by atoms with Gasteiger partial charge in [-0.15, -0.1) is 6.58 Å². The van der Waals surface area contributed by atoms with E-state index in [0.717, 1.165) is 0 Å². The molecule has 7 nitrogen and oxygen atoms in total. The van der Waals surface area contributed by atoms with Crippen LogP contribution in [0.2, 0.25) is 0 Å². The number of carboxylic acids is 1. The number of piperidine rings is 1. The van der Waals surface area contributed by atoms with Crippen molar-refractivity contribution in [3.63, 3.8) is 0 Å². The molecule has 0 aromatic heterocycles. The van der Waals surface area contributed by atoms with Gasteiger partial charge in [-0.05, 0) is 38.0 Å². The maximum absolute atomic E-state index is 12.9. The minimum Gasteiger partial charge on any atom is -0.481 e. The summed E-state index contributed by atoms with van der Waals surface area (Å²) in [5.74, 6) is -1.41. The fourth-order valence-corrected chi connectivity index (χ4v) is 4.44. The Balaban J connectivity index is 2.29. The molecule has 0 radical (unpaired) electrons. The zero-order valence-electron chi connectivity index (χ0n) is 14.1. The van der Waals surface area contributed by atoms with Crippen LogP contribution in [0.4, 0.5) is 0 Å². The molecule has 2 N–H and O–H groups in total. The van der Waals surface area contributed by atoms with Gasteiger partial charge in [0.2, 0.25) is 10.0 Å². The fraction of sp³-hybridized carbons (Fsp3) is 0.412. The molecule has 1 aliphatic rings. The Kier molecular flexibility index (Phi) is 5.64. The number of carboxylic acid groups (broad SMARTS) is 1. The highest BCUT2D eigenvalue weighted by Crippen LogP contribution is 2.32. The zero-order valence-corrected chi connectivity index (χ0v) is 14.9. The summed E-state index contributed by atoms with van der Waals surface area (Å²) in [5.41, 5.74) is -0.884. The summed E-state index contributed by atoms with van der Waals surface area (Å²) in [6.45, 7) is 5.51. The second-order valence-electron chi connectivity index (χ2n) is 6.33. The summed E-state index contributed by atoms with van der Waals surface area (Å²) in [6, 6.07) is 5.73. The van der Waals surface area contributed by atoms with E-state index in [9.17, 15) is 23.1 Å². The number of hydrogen-bond acceptors (Lipinski definition) is 4. The molecular weight excluding hydrogens is 344 g/mol. The predicted octanol–water partition coefficient (Wildman–Crippen LogP) is 1.48. The molecule has 1 aliphatic heterocycles. The van der Waals surface area contributed by atoms with E-state index in [-0.39, 0.29) is 30.1 Å². The standard InChI is InChI=1S/C17H22N2O5S/c1-3-9-18-15(20)13-6-4-7-14(11-13)25(23,24)19-10-5-8-17(2,12-19)16(21)22/h3-4,6-7,11H,1,5,8-10,12H2,2H3,(H,18,20)(H,21,22)/t17-/m1/s1. The minimum atomic E-state index is -3.87. The Morgan fingerprint density at radius 2 is 2.16 bits per heavy atom. The molecule has 0 spiro atoms. The highest BCUT2D eigenvalue weighted by Gasteiger charge is 2.42. The van der Waals surface area contributed by atoms with Gasteiger partial charge in [-0.3, -0.25) is 9.59 Å². The molecule has 1 amide bonds. The van der Waals surface area contributed by atoms with Crippen molar-refractivity contribution in [3.05, 3.63) is 42.5 Å². The predicted molar refractivity (Wildman–Crippen MR) is 92.7 cm³/mol. The molecule has 8 heteroatoms. The van der Waals surface area contributed by atoms with Crippen LogP contribution in [0.5, 0.6) is 0 Å². The van der Waals surface area contributed by atoms with E-state index in [1.54, 1.807) is 6.92 Å². The van der Waals surface area contributed by atoms with Crippen LogP contribution in [-0.2, 0) is 14.8 Å². The third-order valence-electron chi connectivity index (χ3n) is 4.32. The van der Waals surface area contributed by atoms with E-state index in [0.29, 0.717) is 12.8 Å². The van der Waals surface area contributed by atoms with Gasteiger partial charge in [0.15, 0.2) is 0 Å². The van der Waals surface area contributed by atoms with Crippen molar-refractivity contribution in [3.8, 4) is 0 Å². The number of benzene rings is 1. The first-order valence-electron chi connectivity index (χ1n) is 7.93. The van der Waals surface area contributed by atoms with Crippen molar-refractivity contribution in [2.45, 2.75) is 24.7 Å². The lowest BCUT2D eigenvalue weighted by atomic mass is 9.83. The zero-order chi connectivity index (χ0) is 18.7. The normalized spacial score (nSPS) is 21.5. The second-order valence-corrected chi connectivity index (χ2v) is 8.27. The highest BCUT2D eigenvalue weighted by atomic mass is 32.2. The Bertz CT molecular complexity index is 790. The molecule has 1 fully saturated rings. The molecule has 2 rings (SSSR count). The number of hydrogen-bond donors (Lipinski definition) is 2. The van der Waals surface area contributed by atoms with Crippen LogP contribution in [0.3, 0.4) is 0 Å². The maximum atomic E-state index is 12.9. The average Bonchev–Trinajstić information content (AvgIpc) is 2.59. The number of rotatable bonds is 6. The van der Waals surface area contributed by atoms with Gasteiger partial charge in [0.1, 0.15) is 0 Å². The number of nitrogens with zero attached hydrogens (tertiary/aromatic N) is 1. The lowest BCUT2D eigenvalue weighted by molar-refractivity contribution is -0.150. The van der Waals surface area contributed by atoms with Crippen molar-refractivity contribution in [1.29, 1.82) is 0 Å². The molecule has 1 atom stereocenters. The van der Waals surface area contributed by atoms with Crippen molar-refractivity contribution in [2.24, 2.45) is 5.41 Å². The number of sulfonamides is 1. The molecule has 1 saturated heterocycles. The van der Waals surface area contributed by atoms with Crippen molar-refractivity contribution in [1.82, 2.24) is 9.62 Å². The number of carbonyl (C=O) groups is 2. The van der Waals surface area contributed by atoms with E-state index in [4.69, 9.17) is 0 Å². The van der Waals surface area contributed by atoms with Crippen LogP contribution in [0, 0.1) is 5.41 Å². The molecule has 0 unspecified atom stereocenters. The SMILES string of the molecule is C=CCNC(=O)c1cccc(S(=O)(=O)N2CCC[C@@](C)(C(=O)O)C2)c1. The lowest BCUT2D eigenvalue weighted by Crippen LogP contribution is -2.48. The third-order valence-corrected chi connectivity index (χ3v) is 6.16.